The third-order valence-electron chi connectivity index (χ3n) is 4.64. The molecule has 3 rings (SSSR count). The highest BCUT2D eigenvalue weighted by Crippen LogP contribution is 2.16. The van der Waals surface area contributed by atoms with Gasteiger partial charge >= 0.3 is 0 Å². The molecule has 0 spiro atoms. The van der Waals surface area contributed by atoms with Crippen LogP contribution in [0.2, 0.25) is 0 Å². The summed E-state index contributed by atoms with van der Waals surface area (Å²) in [4.78, 5) is 12.6. The van der Waals surface area contributed by atoms with E-state index in [0.717, 1.165) is 5.56 Å². The van der Waals surface area contributed by atoms with Crippen LogP contribution in [0.25, 0.3) is 5.69 Å². The highest BCUT2D eigenvalue weighted by atomic mass is 32.2. The minimum atomic E-state index is -3.52. The molecule has 7 nitrogen and oxygen atoms in total. The smallest absolute Gasteiger partial charge is 0.272 e. The summed E-state index contributed by atoms with van der Waals surface area (Å²) in [5.41, 5.74) is 1.15. The van der Waals surface area contributed by atoms with Crippen molar-refractivity contribution in [2.75, 3.05) is 13.1 Å². The van der Waals surface area contributed by atoms with Crippen molar-refractivity contribution in [2.45, 2.75) is 25.3 Å². The van der Waals surface area contributed by atoms with Crippen LogP contribution >= 0.6 is 0 Å². The molecule has 3 aromatic rings. The Morgan fingerprint density at radius 1 is 1.07 bits per heavy atom. The molecule has 0 atom stereocenters. The van der Waals surface area contributed by atoms with Crippen LogP contribution in [0.1, 0.15) is 29.9 Å². The lowest BCUT2D eigenvalue weighted by molar-refractivity contribution is 0.0945. The molecule has 0 fully saturated rings. The predicted molar refractivity (Wildman–Crippen MR) is 111 cm³/mol. The van der Waals surface area contributed by atoms with Crippen LogP contribution in [0.15, 0.2) is 65.7 Å². The van der Waals surface area contributed by atoms with E-state index < -0.39 is 21.7 Å². The molecule has 9 heteroatoms. The van der Waals surface area contributed by atoms with Crippen LogP contribution < -0.4 is 5.32 Å². The Bertz CT molecular complexity index is 1120. The van der Waals surface area contributed by atoms with Crippen LogP contribution in [0.3, 0.4) is 0 Å². The number of nitrogens with one attached hydrogen (secondary N) is 1. The van der Waals surface area contributed by atoms with Gasteiger partial charge in [0.25, 0.3) is 5.91 Å². The number of benzene rings is 2. The molecule has 0 saturated heterocycles. The maximum atomic E-state index is 13.9. The third-order valence-corrected chi connectivity index (χ3v) is 6.70. The number of nitrogens with zero attached hydrogens (tertiary/aromatic N) is 3. The first-order valence-corrected chi connectivity index (χ1v) is 11.0. The Hall–Kier alpha value is -3.04. The van der Waals surface area contributed by atoms with Crippen LogP contribution in [0.5, 0.6) is 0 Å². The van der Waals surface area contributed by atoms with Gasteiger partial charge in [-0.1, -0.05) is 38.1 Å². The van der Waals surface area contributed by atoms with Crippen molar-refractivity contribution in [3.8, 4) is 5.69 Å². The van der Waals surface area contributed by atoms with Crippen molar-refractivity contribution in [3.63, 3.8) is 0 Å². The van der Waals surface area contributed by atoms with Gasteiger partial charge in [0, 0.05) is 25.8 Å². The number of hydrogen-bond acceptors (Lipinski definition) is 4. The first-order valence-electron chi connectivity index (χ1n) is 9.54. The summed E-state index contributed by atoms with van der Waals surface area (Å²) < 4.78 is 41.6. The second-order valence-electron chi connectivity index (χ2n) is 6.51. The largest absolute Gasteiger partial charge is 0.347 e. The number of aromatic nitrogens is 2. The van der Waals surface area contributed by atoms with Crippen molar-refractivity contribution in [1.29, 1.82) is 0 Å². The monoisotopic (exact) mass is 430 g/mol. The fourth-order valence-corrected chi connectivity index (χ4v) is 4.44. The summed E-state index contributed by atoms with van der Waals surface area (Å²) in [6.07, 6.45) is 1.51. The second-order valence-corrected chi connectivity index (χ2v) is 8.45. The van der Waals surface area contributed by atoms with Crippen molar-refractivity contribution in [2.24, 2.45) is 0 Å². The minimum absolute atomic E-state index is 0.152. The van der Waals surface area contributed by atoms with E-state index in [1.807, 2.05) is 0 Å². The van der Waals surface area contributed by atoms with E-state index in [4.69, 9.17) is 0 Å². The van der Waals surface area contributed by atoms with E-state index in [2.05, 4.69) is 10.4 Å². The molecule has 0 bridgehead atoms. The molecule has 0 aliphatic heterocycles. The summed E-state index contributed by atoms with van der Waals surface area (Å²) in [5, 5.41) is 6.85. The highest BCUT2D eigenvalue weighted by molar-refractivity contribution is 7.89. The summed E-state index contributed by atoms with van der Waals surface area (Å²) in [6.45, 7) is 4.58. The lowest BCUT2D eigenvalue weighted by Crippen LogP contribution is -2.30. The molecule has 2 aromatic carbocycles. The van der Waals surface area contributed by atoms with Gasteiger partial charge in [-0.2, -0.15) is 9.40 Å². The normalized spacial score (nSPS) is 11.6. The van der Waals surface area contributed by atoms with Crippen molar-refractivity contribution >= 4 is 15.9 Å². The fraction of sp³-hybridized carbons (Fsp3) is 0.238. The topological polar surface area (TPSA) is 84.3 Å². The standard InChI is InChI=1S/C21H23FN4O3S/c1-3-25(4-2)30(28,29)17-11-9-16(10-12-17)15-23-21(27)19-13-14-26(24-19)20-8-6-5-7-18(20)22/h5-14H,3-4,15H2,1-2H3,(H,23,27). The number of halogens is 1. The van der Waals surface area contributed by atoms with Crippen LogP contribution in [-0.2, 0) is 16.6 Å². The zero-order valence-corrected chi connectivity index (χ0v) is 17.6. The number of amides is 1. The van der Waals surface area contributed by atoms with E-state index in [1.165, 1.54) is 39.4 Å². The molecular weight excluding hydrogens is 407 g/mol. The molecule has 1 aromatic heterocycles. The molecule has 1 amide bonds. The quantitative estimate of drug-likeness (QED) is 0.596. The zero-order valence-electron chi connectivity index (χ0n) is 16.7. The van der Waals surface area contributed by atoms with E-state index >= 15 is 0 Å². The number of carbonyl (C=O) groups is 1. The molecular formula is C21H23FN4O3S. The number of sulfonamides is 1. The fourth-order valence-electron chi connectivity index (χ4n) is 2.98. The zero-order chi connectivity index (χ0) is 21.7. The van der Waals surface area contributed by atoms with Gasteiger partial charge < -0.3 is 5.32 Å². The maximum absolute atomic E-state index is 13.9. The average molecular weight is 431 g/mol. The second kappa shape index (κ2) is 9.19. The van der Waals surface area contributed by atoms with Gasteiger partial charge in [0.1, 0.15) is 11.5 Å². The third kappa shape index (κ3) is 4.58. The van der Waals surface area contributed by atoms with E-state index in [9.17, 15) is 17.6 Å². The Morgan fingerprint density at radius 3 is 2.37 bits per heavy atom. The lowest BCUT2D eigenvalue weighted by Gasteiger charge is -2.18. The van der Waals surface area contributed by atoms with Crippen molar-refractivity contribution in [3.05, 3.63) is 77.9 Å². The van der Waals surface area contributed by atoms with Gasteiger partial charge in [-0.3, -0.25) is 4.79 Å². The molecule has 0 unspecified atom stereocenters. The summed E-state index contributed by atoms with van der Waals surface area (Å²) in [7, 11) is -3.52. The summed E-state index contributed by atoms with van der Waals surface area (Å²) >= 11 is 0. The van der Waals surface area contributed by atoms with Gasteiger partial charge in [0.05, 0.1) is 4.90 Å². The van der Waals surface area contributed by atoms with Gasteiger partial charge in [-0.15, -0.1) is 0 Å². The highest BCUT2D eigenvalue weighted by Gasteiger charge is 2.21. The van der Waals surface area contributed by atoms with Crippen molar-refractivity contribution < 1.29 is 17.6 Å². The van der Waals surface area contributed by atoms with Gasteiger partial charge in [0.2, 0.25) is 10.0 Å². The molecule has 0 radical (unpaired) electrons. The van der Waals surface area contributed by atoms with Crippen molar-refractivity contribution in [1.82, 2.24) is 19.4 Å². The van der Waals surface area contributed by atoms with Gasteiger partial charge in [-0.05, 0) is 35.9 Å². The molecule has 0 saturated carbocycles. The van der Waals surface area contributed by atoms with Crippen LogP contribution in [0, 0.1) is 5.82 Å². The number of carbonyl (C=O) groups excluding carboxylic acids is 1. The summed E-state index contributed by atoms with van der Waals surface area (Å²) in [6, 6.07) is 14.0. The first kappa shape index (κ1) is 21.7. The summed E-state index contributed by atoms with van der Waals surface area (Å²) in [5.74, 6) is -0.850. The Kier molecular flexibility index (Phi) is 6.63. The molecule has 1 N–H and O–H groups in total. The molecule has 30 heavy (non-hydrogen) atoms. The van der Waals surface area contributed by atoms with E-state index in [0.29, 0.717) is 13.1 Å². The van der Waals surface area contributed by atoms with E-state index in [1.54, 1.807) is 44.2 Å². The Morgan fingerprint density at radius 2 is 1.73 bits per heavy atom. The lowest BCUT2D eigenvalue weighted by atomic mass is 10.2. The molecule has 1 heterocycles. The molecule has 0 aliphatic rings. The van der Waals surface area contributed by atoms with Gasteiger partial charge in [-0.25, -0.2) is 17.5 Å². The van der Waals surface area contributed by atoms with Gasteiger partial charge in [0.15, 0.2) is 5.69 Å². The minimum Gasteiger partial charge on any atom is -0.347 e. The van der Waals surface area contributed by atoms with Crippen LogP contribution in [-0.4, -0.2) is 41.5 Å². The number of rotatable bonds is 8. The average Bonchev–Trinajstić information content (AvgIpc) is 3.23. The number of para-hydroxylation sites is 1. The Balaban J connectivity index is 1.65. The SMILES string of the molecule is CCN(CC)S(=O)(=O)c1ccc(CNC(=O)c2ccn(-c3ccccc3F)n2)cc1. The number of hydrogen-bond donors (Lipinski definition) is 1. The molecule has 158 valence electrons. The maximum Gasteiger partial charge on any atom is 0.272 e. The predicted octanol–water partition coefficient (Wildman–Crippen LogP) is 2.97. The Labute approximate surface area is 175 Å². The van der Waals surface area contributed by atoms with Crippen LogP contribution in [0.4, 0.5) is 4.39 Å². The molecule has 0 aliphatic carbocycles. The van der Waals surface area contributed by atoms with E-state index in [-0.39, 0.29) is 22.8 Å². The first-order chi connectivity index (χ1) is 14.4.